The second-order valence-electron chi connectivity index (χ2n) is 14.1. The fraction of sp³-hybridized carbons (Fsp3) is 0.400. The van der Waals surface area contributed by atoms with Crippen molar-refractivity contribution in [2.45, 2.75) is 76.3 Å². The zero-order valence-corrected chi connectivity index (χ0v) is 32.0. The van der Waals surface area contributed by atoms with Gasteiger partial charge in [0.05, 0.1) is 7.11 Å². The molecule has 6 bridgehead atoms. The summed E-state index contributed by atoms with van der Waals surface area (Å²) < 4.78 is 11.2. The van der Waals surface area contributed by atoms with E-state index in [9.17, 15) is 33.9 Å². The molecule has 1 saturated heterocycles. The number of amides is 6. The average Bonchev–Trinajstić information content (AvgIpc) is 3.17. The van der Waals surface area contributed by atoms with Crippen molar-refractivity contribution in [2.24, 2.45) is 0 Å². The summed E-state index contributed by atoms with van der Waals surface area (Å²) in [5, 5.41) is 18.6. The summed E-state index contributed by atoms with van der Waals surface area (Å²) in [6.45, 7) is 4.41. The Balaban J connectivity index is 1.57. The number of likely N-dealkylation sites (N-methyl/N-ethyl adjacent to an activating group) is 3. The molecule has 15 heteroatoms. The van der Waals surface area contributed by atoms with Gasteiger partial charge in [-0.25, -0.2) is 0 Å². The van der Waals surface area contributed by atoms with E-state index in [1.807, 2.05) is 0 Å². The number of carbonyl (C=O) groups is 6. The number of nitrogens with zero attached hydrogens (tertiary/aromatic N) is 3. The molecule has 55 heavy (non-hydrogen) atoms. The lowest BCUT2D eigenvalue weighted by Crippen LogP contribution is -2.61. The molecule has 0 spiro atoms. The van der Waals surface area contributed by atoms with Crippen LogP contribution in [-0.4, -0.2) is 120 Å². The second-order valence-corrected chi connectivity index (χ2v) is 14.1. The zero-order chi connectivity index (χ0) is 40.1. The van der Waals surface area contributed by atoms with E-state index in [2.05, 4.69) is 16.0 Å². The average molecular weight is 757 g/mol. The van der Waals surface area contributed by atoms with Crippen molar-refractivity contribution < 1.29 is 43.3 Å². The van der Waals surface area contributed by atoms with E-state index in [4.69, 9.17) is 9.47 Å². The molecule has 0 aromatic heterocycles. The maximum Gasteiger partial charge on any atom is 0.246 e. The van der Waals surface area contributed by atoms with Crippen molar-refractivity contribution in [3.8, 4) is 23.0 Å². The molecule has 292 valence electrons. The number of hydrogen-bond donors (Lipinski definition) is 4. The molecule has 0 radical (unpaired) electrons. The second kappa shape index (κ2) is 16.9. The first-order valence-electron chi connectivity index (χ1n) is 18.0. The van der Waals surface area contributed by atoms with Gasteiger partial charge in [0.25, 0.3) is 0 Å². The first-order valence-corrected chi connectivity index (χ1v) is 18.0. The van der Waals surface area contributed by atoms with Gasteiger partial charge in [0.2, 0.25) is 35.4 Å². The molecule has 0 aliphatic carbocycles. The van der Waals surface area contributed by atoms with Crippen molar-refractivity contribution in [3.05, 3.63) is 83.4 Å². The molecular formula is C40H48N6O9. The number of hydrogen-bond acceptors (Lipinski definition) is 9. The summed E-state index contributed by atoms with van der Waals surface area (Å²) in [6, 6.07) is 11.5. The van der Waals surface area contributed by atoms with Crippen molar-refractivity contribution in [1.29, 1.82) is 0 Å². The minimum atomic E-state index is -1.20. The molecule has 3 aliphatic rings. The lowest BCUT2D eigenvalue weighted by Gasteiger charge is -2.36. The number of fused-ring (bicyclic) bond motifs is 2. The monoisotopic (exact) mass is 756 g/mol. The van der Waals surface area contributed by atoms with Crippen LogP contribution < -0.4 is 25.4 Å². The third-order valence-electron chi connectivity index (χ3n) is 10.2. The van der Waals surface area contributed by atoms with Crippen molar-refractivity contribution in [1.82, 2.24) is 30.7 Å². The van der Waals surface area contributed by atoms with Crippen molar-refractivity contribution in [2.75, 3.05) is 28.3 Å². The Kier molecular flexibility index (Phi) is 12.3. The Morgan fingerprint density at radius 3 is 1.84 bits per heavy atom. The minimum Gasteiger partial charge on any atom is -0.504 e. The molecular weight excluding hydrogens is 708 g/mol. The van der Waals surface area contributed by atoms with Gasteiger partial charge >= 0.3 is 0 Å². The number of phenolic OH excluding ortho intramolecular Hbond substituents is 1. The van der Waals surface area contributed by atoms with Gasteiger partial charge < -0.3 is 45.2 Å². The van der Waals surface area contributed by atoms with Gasteiger partial charge in [0.1, 0.15) is 47.8 Å². The summed E-state index contributed by atoms with van der Waals surface area (Å²) in [5.41, 5.74) is 1.90. The fourth-order valence-corrected chi connectivity index (χ4v) is 6.67. The Morgan fingerprint density at radius 1 is 0.655 bits per heavy atom. The molecule has 3 aliphatic heterocycles. The highest BCUT2D eigenvalue weighted by molar-refractivity contribution is 5.98. The number of aromatic hydroxyl groups is 1. The highest BCUT2D eigenvalue weighted by Crippen LogP contribution is 2.33. The number of rotatable bonds is 3. The van der Waals surface area contributed by atoms with E-state index in [-0.39, 0.29) is 30.8 Å². The van der Waals surface area contributed by atoms with E-state index >= 15 is 0 Å². The molecule has 6 rings (SSSR count). The summed E-state index contributed by atoms with van der Waals surface area (Å²) in [4.78, 5) is 87.8. The van der Waals surface area contributed by atoms with Crippen LogP contribution in [0.15, 0.2) is 66.7 Å². The van der Waals surface area contributed by atoms with Gasteiger partial charge in [-0.2, -0.15) is 0 Å². The number of ether oxygens (including phenoxy) is 2. The highest BCUT2D eigenvalue weighted by atomic mass is 16.5. The molecule has 3 aromatic rings. The number of nitrogens with one attached hydrogen (secondary N) is 3. The number of phenols is 1. The van der Waals surface area contributed by atoms with Gasteiger partial charge in [0, 0.05) is 40.4 Å². The van der Waals surface area contributed by atoms with Crippen LogP contribution in [0.1, 0.15) is 37.5 Å². The lowest BCUT2D eigenvalue weighted by atomic mass is 9.98. The smallest absolute Gasteiger partial charge is 0.246 e. The Bertz CT molecular complexity index is 1940. The summed E-state index contributed by atoms with van der Waals surface area (Å²) in [7, 11) is 5.87. The van der Waals surface area contributed by atoms with Gasteiger partial charge in [0.15, 0.2) is 11.5 Å². The molecule has 6 amide bonds. The maximum absolute atomic E-state index is 14.6. The standard InChI is InChI=1S/C40H48N6O9/c1-22-35(48)42-23(2)38(51)44(4)30(18-25-8-13-28(54-7)14-9-25)37(50)43-24(3)39(52)46(6)32-19-26-10-15-29(16-11-26)55-34-21-27(12-17-33(34)47)20-31(36(49)41-22)45(5)40(32)53/h8-17,21-24,30-32,47H,18-20H2,1-7H3,(H,41,49)(H,42,48)(H,43,50)/t22-,23+,24-,30-,31+,32-/m1/s1. The van der Waals surface area contributed by atoms with Crippen LogP contribution in [0.2, 0.25) is 0 Å². The number of carbonyl (C=O) groups excluding carboxylic acids is 6. The van der Waals surface area contributed by atoms with E-state index < -0.39 is 71.7 Å². The van der Waals surface area contributed by atoms with Crippen molar-refractivity contribution in [3.63, 3.8) is 0 Å². The zero-order valence-electron chi connectivity index (χ0n) is 32.0. The summed E-state index contributed by atoms with van der Waals surface area (Å²) in [5.74, 6) is -2.69. The minimum absolute atomic E-state index is 0.0330. The third-order valence-corrected chi connectivity index (χ3v) is 10.2. The molecule has 0 unspecified atom stereocenters. The fourth-order valence-electron chi connectivity index (χ4n) is 6.67. The molecule has 3 aromatic carbocycles. The van der Waals surface area contributed by atoms with Crippen molar-refractivity contribution >= 4 is 35.4 Å². The Morgan fingerprint density at radius 2 is 1.20 bits per heavy atom. The van der Waals surface area contributed by atoms with Gasteiger partial charge in [-0.05, 0) is 73.9 Å². The van der Waals surface area contributed by atoms with E-state index in [1.165, 1.54) is 69.8 Å². The topological polar surface area (TPSA) is 187 Å². The van der Waals surface area contributed by atoms with Crippen LogP contribution in [0.4, 0.5) is 0 Å². The first kappa shape index (κ1) is 40.1. The molecule has 1 fully saturated rings. The molecule has 0 saturated carbocycles. The molecule has 4 N–H and O–H groups in total. The predicted octanol–water partition coefficient (Wildman–Crippen LogP) is 1.54. The molecule has 6 atom stereocenters. The van der Waals surface area contributed by atoms with Crippen LogP contribution in [0.25, 0.3) is 0 Å². The molecule has 3 heterocycles. The van der Waals surface area contributed by atoms with Gasteiger partial charge in [-0.15, -0.1) is 0 Å². The number of benzene rings is 3. The predicted molar refractivity (Wildman–Crippen MR) is 201 cm³/mol. The molecule has 15 nitrogen and oxygen atoms in total. The van der Waals surface area contributed by atoms with E-state index in [1.54, 1.807) is 60.7 Å². The third kappa shape index (κ3) is 9.16. The Hall–Kier alpha value is -6.12. The van der Waals surface area contributed by atoms with Crippen LogP contribution in [0, 0.1) is 0 Å². The van der Waals surface area contributed by atoms with Crippen LogP contribution in [0.5, 0.6) is 23.0 Å². The highest BCUT2D eigenvalue weighted by Gasteiger charge is 2.39. The largest absolute Gasteiger partial charge is 0.504 e. The normalized spacial score (nSPS) is 24.6. The van der Waals surface area contributed by atoms with Gasteiger partial charge in [-0.1, -0.05) is 30.3 Å². The van der Waals surface area contributed by atoms with Crippen LogP contribution in [0.3, 0.4) is 0 Å². The lowest BCUT2D eigenvalue weighted by molar-refractivity contribution is -0.149. The SMILES string of the molecule is COc1ccc(C[C@@H]2C(=O)N[C@H](C)C(=O)N(C)[C@@H]3Cc4ccc(cc4)Oc4cc(ccc4O)C[C@@H](C(=O)N[C@H](C)C(=O)N[C@@H](C)C(=O)N2C)N(C)C3=O)cc1. The quantitative estimate of drug-likeness (QED) is 0.308. The van der Waals surface area contributed by atoms with Crippen LogP contribution >= 0.6 is 0 Å². The summed E-state index contributed by atoms with van der Waals surface area (Å²) >= 11 is 0. The first-order chi connectivity index (χ1) is 26.1. The maximum atomic E-state index is 14.6. The number of methoxy groups -OCH3 is 1. The van der Waals surface area contributed by atoms with Gasteiger partial charge in [-0.3, -0.25) is 28.8 Å². The van der Waals surface area contributed by atoms with E-state index in [0.717, 1.165) is 0 Å². The van der Waals surface area contributed by atoms with Crippen LogP contribution in [-0.2, 0) is 48.0 Å². The Labute approximate surface area is 319 Å². The summed E-state index contributed by atoms with van der Waals surface area (Å²) in [6.07, 6.45) is 0.0471. The van der Waals surface area contributed by atoms with E-state index in [0.29, 0.717) is 28.2 Å².